The smallest absolute Gasteiger partial charge is 0.422 e. The monoisotopic (exact) mass is 453 g/mol. The zero-order valence-corrected chi connectivity index (χ0v) is 16.4. The van der Waals surface area contributed by atoms with Gasteiger partial charge in [-0.15, -0.1) is 0 Å². The van der Waals surface area contributed by atoms with Crippen LogP contribution in [0, 0.1) is 6.92 Å². The van der Waals surface area contributed by atoms with Gasteiger partial charge in [0.2, 0.25) is 0 Å². The van der Waals surface area contributed by atoms with Crippen molar-refractivity contribution in [1.29, 1.82) is 0 Å². The van der Waals surface area contributed by atoms with Crippen molar-refractivity contribution in [3.8, 4) is 11.5 Å². The Hall–Kier alpha value is -2.66. The number of nitrogens with one attached hydrogen (secondary N) is 1. The fraction of sp³-hybridized carbons (Fsp3) is 0.235. The van der Waals surface area contributed by atoms with Crippen molar-refractivity contribution in [1.82, 2.24) is 0 Å². The predicted molar refractivity (Wildman–Crippen MR) is 98.1 cm³/mol. The number of carboxylic acids is 1. The molecule has 2 aromatic rings. The Morgan fingerprint density at radius 3 is 2.38 bits per heavy atom. The van der Waals surface area contributed by atoms with Gasteiger partial charge in [-0.05, 0) is 48.9 Å². The number of hydrogen-bond acceptors (Lipinski definition) is 5. The molecule has 0 saturated carbocycles. The van der Waals surface area contributed by atoms with E-state index in [0.717, 1.165) is 18.2 Å². The lowest BCUT2D eigenvalue weighted by atomic mass is 10.2. The molecule has 0 fully saturated rings. The van der Waals surface area contributed by atoms with Crippen molar-refractivity contribution in [3.05, 3.63) is 47.0 Å². The van der Waals surface area contributed by atoms with Crippen LogP contribution < -0.4 is 14.2 Å². The third-order valence-electron chi connectivity index (χ3n) is 3.39. The van der Waals surface area contributed by atoms with Crippen LogP contribution in [0.4, 0.5) is 18.9 Å². The van der Waals surface area contributed by atoms with Crippen molar-refractivity contribution in [3.63, 3.8) is 0 Å². The van der Waals surface area contributed by atoms with E-state index in [9.17, 15) is 26.4 Å². The van der Waals surface area contributed by atoms with Gasteiger partial charge < -0.3 is 14.6 Å². The summed E-state index contributed by atoms with van der Waals surface area (Å²) in [5.41, 5.74) is 0.0689. The fourth-order valence-electron chi connectivity index (χ4n) is 2.16. The number of alkyl halides is 3. The van der Waals surface area contributed by atoms with E-state index >= 15 is 0 Å². The van der Waals surface area contributed by atoms with Gasteiger partial charge in [0, 0.05) is 5.02 Å². The maximum absolute atomic E-state index is 12.6. The third-order valence-corrected chi connectivity index (χ3v) is 4.98. The molecule has 0 aliphatic rings. The molecule has 158 valence electrons. The standard InChI is InChI=1S/C17H15ClF3NO6S/c1-10-6-12(3-5-14(10)27-8-16(23)24)29(25,26)22-13-7-11(18)2-4-15(13)28-9-17(19,20)21/h2-7,22H,8-9H2,1H3,(H,23,24). The molecule has 0 spiro atoms. The molecule has 29 heavy (non-hydrogen) atoms. The molecule has 0 aliphatic heterocycles. The quantitative estimate of drug-likeness (QED) is 0.629. The summed E-state index contributed by atoms with van der Waals surface area (Å²) in [4.78, 5) is 10.3. The number of aliphatic carboxylic acids is 1. The van der Waals surface area contributed by atoms with Gasteiger partial charge in [-0.25, -0.2) is 13.2 Å². The van der Waals surface area contributed by atoms with E-state index in [-0.39, 0.29) is 27.1 Å². The Bertz CT molecular complexity index is 1010. The second-order valence-electron chi connectivity index (χ2n) is 5.76. The molecule has 2 rings (SSSR count). The van der Waals surface area contributed by atoms with Crippen LogP contribution in [0.25, 0.3) is 0 Å². The summed E-state index contributed by atoms with van der Waals surface area (Å²) in [6.07, 6.45) is -4.61. The van der Waals surface area contributed by atoms with Crippen LogP contribution in [-0.2, 0) is 14.8 Å². The average Bonchev–Trinajstić information content (AvgIpc) is 2.58. The minimum atomic E-state index is -4.61. The first kappa shape index (κ1) is 22.6. The Kier molecular flexibility index (Phi) is 6.85. The fourth-order valence-corrected chi connectivity index (χ4v) is 3.48. The van der Waals surface area contributed by atoms with Crippen LogP contribution in [0.5, 0.6) is 11.5 Å². The average molecular weight is 454 g/mol. The molecule has 0 saturated heterocycles. The van der Waals surface area contributed by atoms with Crippen molar-refractivity contribution in [2.75, 3.05) is 17.9 Å². The van der Waals surface area contributed by atoms with E-state index < -0.39 is 35.4 Å². The Morgan fingerprint density at radius 1 is 1.14 bits per heavy atom. The molecular formula is C17H15ClF3NO6S. The normalized spacial score (nSPS) is 11.8. The zero-order valence-electron chi connectivity index (χ0n) is 14.8. The van der Waals surface area contributed by atoms with Gasteiger partial charge >= 0.3 is 12.1 Å². The molecule has 0 amide bonds. The molecule has 0 heterocycles. The molecule has 0 radical (unpaired) electrons. The highest BCUT2D eigenvalue weighted by atomic mass is 35.5. The van der Waals surface area contributed by atoms with Gasteiger partial charge in [0.1, 0.15) is 11.5 Å². The van der Waals surface area contributed by atoms with Crippen LogP contribution in [-0.4, -0.2) is 38.9 Å². The van der Waals surface area contributed by atoms with Crippen LogP contribution >= 0.6 is 11.6 Å². The van der Waals surface area contributed by atoms with Crippen molar-refractivity contribution in [2.24, 2.45) is 0 Å². The number of rotatable bonds is 8. The SMILES string of the molecule is Cc1cc(S(=O)(=O)Nc2cc(Cl)ccc2OCC(F)(F)F)ccc1OCC(=O)O. The highest BCUT2D eigenvalue weighted by Crippen LogP contribution is 2.32. The first-order valence-corrected chi connectivity index (χ1v) is 9.71. The second-order valence-corrected chi connectivity index (χ2v) is 7.88. The molecular weight excluding hydrogens is 439 g/mol. The second kappa shape index (κ2) is 8.78. The number of benzene rings is 2. The van der Waals surface area contributed by atoms with Gasteiger partial charge in [0.25, 0.3) is 10.0 Å². The summed E-state index contributed by atoms with van der Waals surface area (Å²) in [7, 11) is -4.22. The van der Waals surface area contributed by atoms with Gasteiger partial charge in [0.15, 0.2) is 13.2 Å². The largest absolute Gasteiger partial charge is 0.482 e. The van der Waals surface area contributed by atoms with E-state index in [1.54, 1.807) is 0 Å². The molecule has 0 bridgehead atoms. The van der Waals surface area contributed by atoms with Crippen LogP contribution in [0.3, 0.4) is 0 Å². The van der Waals surface area contributed by atoms with Gasteiger partial charge in [-0.1, -0.05) is 11.6 Å². The van der Waals surface area contributed by atoms with Crippen molar-refractivity contribution < 1.29 is 41.0 Å². The molecule has 12 heteroatoms. The van der Waals surface area contributed by atoms with E-state index in [4.69, 9.17) is 21.4 Å². The number of halogens is 4. The maximum Gasteiger partial charge on any atom is 0.422 e. The summed E-state index contributed by atoms with van der Waals surface area (Å²) >= 11 is 5.81. The summed E-state index contributed by atoms with van der Waals surface area (Å²) in [6, 6.07) is 7.13. The molecule has 0 aromatic heterocycles. The summed E-state index contributed by atoms with van der Waals surface area (Å²) in [5.74, 6) is -1.38. The molecule has 0 aliphatic carbocycles. The number of anilines is 1. The van der Waals surface area contributed by atoms with Gasteiger partial charge in [0.05, 0.1) is 10.6 Å². The van der Waals surface area contributed by atoms with Gasteiger partial charge in [-0.2, -0.15) is 13.2 Å². The molecule has 0 unspecified atom stereocenters. The highest BCUT2D eigenvalue weighted by Gasteiger charge is 2.29. The van der Waals surface area contributed by atoms with Crippen LogP contribution in [0.1, 0.15) is 5.56 Å². The van der Waals surface area contributed by atoms with E-state index in [1.807, 2.05) is 0 Å². The molecule has 7 nitrogen and oxygen atoms in total. The minimum absolute atomic E-state index is 0.0793. The van der Waals surface area contributed by atoms with E-state index in [0.29, 0.717) is 5.56 Å². The maximum atomic E-state index is 12.6. The lowest BCUT2D eigenvalue weighted by Crippen LogP contribution is -2.20. The number of carbonyl (C=O) groups is 1. The summed E-state index contributed by atoms with van der Waals surface area (Å²) in [6.45, 7) is -0.709. The van der Waals surface area contributed by atoms with E-state index in [2.05, 4.69) is 9.46 Å². The number of carboxylic acid groups (broad SMARTS) is 1. The van der Waals surface area contributed by atoms with Gasteiger partial charge in [-0.3, -0.25) is 4.72 Å². The van der Waals surface area contributed by atoms with Crippen molar-refractivity contribution >= 4 is 33.3 Å². The zero-order chi connectivity index (χ0) is 21.8. The van der Waals surface area contributed by atoms with Crippen molar-refractivity contribution in [2.45, 2.75) is 18.0 Å². The first-order valence-electron chi connectivity index (χ1n) is 7.84. The lowest BCUT2D eigenvalue weighted by Gasteiger charge is -2.16. The Balaban J connectivity index is 2.28. The van der Waals surface area contributed by atoms with E-state index in [1.165, 1.54) is 25.1 Å². The lowest BCUT2D eigenvalue weighted by molar-refractivity contribution is -0.153. The van der Waals surface area contributed by atoms with Crippen LogP contribution in [0.2, 0.25) is 5.02 Å². The molecule has 2 N–H and O–H groups in total. The number of sulfonamides is 1. The van der Waals surface area contributed by atoms with Crippen LogP contribution in [0.15, 0.2) is 41.3 Å². The first-order chi connectivity index (χ1) is 13.4. The number of hydrogen-bond donors (Lipinski definition) is 2. The topological polar surface area (TPSA) is 102 Å². The predicted octanol–water partition coefficient (Wildman–Crippen LogP) is 3.85. The molecule has 0 atom stereocenters. The summed E-state index contributed by atoms with van der Waals surface area (Å²) < 4.78 is 74.3. The minimum Gasteiger partial charge on any atom is -0.482 e. The molecule has 2 aromatic carbocycles. The number of aryl methyl sites for hydroxylation is 1. The third kappa shape index (κ3) is 6.71. The Morgan fingerprint density at radius 2 is 1.79 bits per heavy atom. The summed E-state index contributed by atoms with van der Waals surface area (Å²) in [5, 5.41) is 8.71. The Labute approximate surface area is 169 Å². The highest BCUT2D eigenvalue weighted by molar-refractivity contribution is 7.92. The number of ether oxygens (including phenoxy) is 2.